The monoisotopic (exact) mass is 409 g/mol. The number of anilines is 1. The zero-order valence-electron chi connectivity index (χ0n) is 15.7. The minimum absolute atomic E-state index is 0. The maximum absolute atomic E-state index is 12.9. The summed E-state index contributed by atoms with van der Waals surface area (Å²) in [7, 11) is 0. The summed E-state index contributed by atoms with van der Waals surface area (Å²) >= 11 is 6.24. The summed E-state index contributed by atoms with van der Waals surface area (Å²) in [4.78, 5) is 26.7. The van der Waals surface area contributed by atoms with Crippen molar-refractivity contribution < 1.29 is 9.59 Å². The summed E-state index contributed by atoms with van der Waals surface area (Å²) in [6.45, 7) is 6.17. The Kier molecular flexibility index (Phi) is 8.28. The summed E-state index contributed by atoms with van der Waals surface area (Å²) < 4.78 is 0. The summed E-state index contributed by atoms with van der Waals surface area (Å²) in [6, 6.07) is 14.6. The van der Waals surface area contributed by atoms with E-state index in [9.17, 15) is 9.59 Å². The van der Waals surface area contributed by atoms with Gasteiger partial charge >= 0.3 is 0 Å². The molecule has 5 nitrogen and oxygen atoms in total. The minimum atomic E-state index is -1.02. The van der Waals surface area contributed by atoms with Crippen LogP contribution >= 0.6 is 24.0 Å². The molecule has 0 radical (unpaired) electrons. The van der Waals surface area contributed by atoms with Crippen LogP contribution in [-0.4, -0.2) is 28.8 Å². The van der Waals surface area contributed by atoms with Crippen LogP contribution < -0.4 is 11.1 Å². The van der Waals surface area contributed by atoms with Crippen LogP contribution in [0.5, 0.6) is 0 Å². The van der Waals surface area contributed by atoms with Crippen molar-refractivity contribution in [1.29, 1.82) is 0 Å². The van der Waals surface area contributed by atoms with E-state index in [2.05, 4.69) is 5.32 Å². The van der Waals surface area contributed by atoms with Gasteiger partial charge in [-0.25, -0.2) is 0 Å². The first-order chi connectivity index (χ1) is 12.2. The van der Waals surface area contributed by atoms with Crippen molar-refractivity contribution >= 4 is 41.5 Å². The lowest BCUT2D eigenvalue weighted by molar-refractivity contribution is -0.120. The lowest BCUT2D eigenvalue weighted by Crippen LogP contribution is -2.45. The Labute approximate surface area is 171 Å². The predicted molar refractivity (Wildman–Crippen MR) is 112 cm³/mol. The molecule has 0 aromatic heterocycles. The maximum atomic E-state index is 12.9. The highest BCUT2D eigenvalue weighted by Gasteiger charge is 2.23. The number of carbonyl (C=O) groups is 2. The second-order valence-corrected chi connectivity index (χ2v) is 7.08. The Morgan fingerprint density at radius 1 is 1.15 bits per heavy atom. The van der Waals surface area contributed by atoms with E-state index in [4.69, 9.17) is 17.3 Å². The largest absolute Gasteiger partial charge is 0.335 e. The maximum Gasteiger partial charge on any atom is 0.255 e. The number of nitrogens with zero attached hydrogens (tertiary/aromatic N) is 1. The normalized spacial score (nSPS) is 10.7. The van der Waals surface area contributed by atoms with E-state index >= 15 is 0 Å². The van der Waals surface area contributed by atoms with Crippen molar-refractivity contribution in [2.75, 3.05) is 11.9 Å². The molecule has 0 saturated carbocycles. The molecule has 2 rings (SSSR count). The van der Waals surface area contributed by atoms with Crippen molar-refractivity contribution in [1.82, 2.24) is 4.90 Å². The third kappa shape index (κ3) is 6.24. The molecule has 2 aromatic rings. The molecule has 0 atom stereocenters. The highest BCUT2D eigenvalue weighted by atomic mass is 35.5. The SMILES string of the molecule is CCN(Cc1ccccc1)C(=O)c1cc(NC(=O)C(C)(C)N)ccc1Cl.Cl. The van der Waals surface area contributed by atoms with Crippen molar-refractivity contribution in [3.63, 3.8) is 0 Å². The van der Waals surface area contributed by atoms with Gasteiger partial charge in [0.05, 0.1) is 16.1 Å². The van der Waals surface area contributed by atoms with E-state index in [0.717, 1.165) is 5.56 Å². The van der Waals surface area contributed by atoms with Crippen molar-refractivity contribution in [3.05, 3.63) is 64.7 Å². The fourth-order valence-electron chi connectivity index (χ4n) is 2.36. The Morgan fingerprint density at radius 2 is 1.78 bits per heavy atom. The van der Waals surface area contributed by atoms with Gasteiger partial charge in [-0.05, 0) is 44.5 Å². The second-order valence-electron chi connectivity index (χ2n) is 6.68. The van der Waals surface area contributed by atoms with Crippen LogP contribution in [0.3, 0.4) is 0 Å². The number of carbonyl (C=O) groups excluding carboxylic acids is 2. The number of rotatable bonds is 6. The average molecular weight is 410 g/mol. The average Bonchev–Trinajstić information content (AvgIpc) is 2.60. The van der Waals surface area contributed by atoms with Crippen LogP contribution in [0.2, 0.25) is 5.02 Å². The Morgan fingerprint density at radius 3 is 2.33 bits per heavy atom. The Bertz CT molecular complexity index is 790. The third-order valence-electron chi connectivity index (χ3n) is 3.93. The topological polar surface area (TPSA) is 75.4 Å². The lowest BCUT2D eigenvalue weighted by Gasteiger charge is -2.22. The van der Waals surface area contributed by atoms with Crippen LogP contribution in [0.15, 0.2) is 48.5 Å². The van der Waals surface area contributed by atoms with Crippen LogP contribution in [0, 0.1) is 0 Å². The Balaban J connectivity index is 0.00000364. The van der Waals surface area contributed by atoms with Gasteiger partial charge in [-0.15, -0.1) is 12.4 Å². The molecular weight excluding hydrogens is 385 g/mol. The van der Waals surface area contributed by atoms with Gasteiger partial charge < -0.3 is 16.0 Å². The summed E-state index contributed by atoms with van der Waals surface area (Å²) in [5.41, 5.74) is 6.64. The smallest absolute Gasteiger partial charge is 0.255 e. The first-order valence-corrected chi connectivity index (χ1v) is 8.83. The molecule has 0 spiro atoms. The molecule has 0 bridgehead atoms. The molecule has 3 N–H and O–H groups in total. The molecule has 0 saturated heterocycles. The molecule has 0 unspecified atom stereocenters. The van der Waals surface area contributed by atoms with Gasteiger partial charge in [0.1, 0.15) is 0 Å². The fourth-order valence-corrected chi connectivity index (χ4v) is 2.56. The lowest BCUT2D eigenvalue weighted by atomic mass is 10.1. The number of nitrogens with two attached hydrogens (primary N) is 1. The van der Waals surface area contributed by atoms with Gasteiger partial charge in [-0.1, -0.05) is 41.9 Å². The van der Waals surface area contributed by atoms with Gasteiger partial charge in [-0.2, -0.15) is 0 Å². The third-order valence-corrected chi connectivity index (χ3v) is 4.25. The molecule has 0 fully saturated rings. The molecule has 7 heteroatoms. The van der Waals surface area contributed by atoms with E-state index in [1.54, 1.807) is 36.9 Å². The van der Waals surface area contributed by atoms with Gasteiger partial charge in [0, 0.05) is 18.8 Å². The van der Waals surface area contributed by atoms with Crippen LogP contribution in [0.1, 0.15) is 36.7 Å². The summed E-state index contributed by atoms with van der Waals surface area (Å²) in [6.07, 6.45) is 0. The first kappa shape index (κ1) is 23.0. The zero-order valence-corrected chi connectivity index (χ0v) is 17.2. The summed E-state index contributed by atoms with van der Waals surface area (Å²) in [5.74, 6) is -0.528. The number of benzene rings is 2. The van der Waals surface area contributed by atoms with Crippen LogP contribution in [0.4, 0.5) is 5.69 Å². The number of nitrogens with one attached hydrogen (secondary N) is 1. The highest BCUT2D eigenvalue weighted by molar-refractivity contribution is 6.34. The Hall–Kier alpha value is -2.08. The number of halogens is 2. The zero-order chi connectivity index (χ0) is 19.3. The van der Waals surface area contributed by atoms with E-state index in [0.29, 0.717) is 29.4 Å². The van der Waals surface area contributed by atoms with Crippen molar-refractivity contribution in [2.45, 2.75) is 32.9 Å². The first-order valence-electron chi connectivity index (χ1n) is 8.45. The van der Waals surface area contributed by atoms with Crippen LogP contribution in [0.25, 0.3) is 0 Å². The molecule has 0 aliphatic heterocycles. The fraction of sp³-hybridized carbons (Fsp3) is 0.300. The second kappa shape index (κ2) is 9.74. The standard InChI is InChI=1S/C20H24ClN3O2.ClH/c1-4-24(13-14-8-6-5-7-9-14)18(25)16-12-15(10-11-17(16)21)23-19(26)20(2,3)22;/h5-12H,4,13,22H2,1-3H3,(H,23,26);1H. The quantitative estimate of drug-likeness (QED) is 0.753. The van der Waals surface area contributed by atoms with Crippen molar-refractivity contribution in [3.8, 4) is 0 Å². The molecule has 2 aromatic carbocycles. The molecular formula is C20H25Cl2N3O2. The molecule has 2 amide bonds. The highest BCUT2D eigenvalue weighted by Crippen LogP contribution is 2.23. The molecule has 146 valence electrons. The molecule has 0 aliphatic rings. The van der Waals surface area contributed by atoms with Gasteiger partial charge in [0.25, 0.3) is 5.91 Å². The van der Waals surface area contributed by atoms with Crippen molar-refractivity contribution in [2.24, 2.45) is 5.73 Å². The molecule has 27 heavy (non-hydrogen) atoms. The predicted octanol–water partition coefficient (Wildman–Crippen LogP) is 4.10. The van der Waals surface area contributed by atoms with Gasteiger partial charge in [0.15, 0.2) is 0 Å². The van der Waals surface area contributed by atoms with Gasteiger partial charge in [0.2, 0.25) is 5.91 Å². The van der Waals surface area contributed by atoms with Gasteiger partial charge in [-0.3, -0.25) is 9.59 Å². The molecule has 0 heterocycles. The van der Waals surface area contributed by atoms with E-state index in [1.165, 1.54) is 0 Å². The minimum Gasteiger partial charge on any atom is -0.335 e. The summed E-state index contributed by atoms with van der Waals surface area (Å²) in [5, 5.41) is 3.06. The van der Waals surface area contributed by atoms with Crippen LogP contribution in [-0.2, 0) is 11.3 Å². The number of hydrogen-bond acceptors (Lipinski definition) is 3. The van der Waals surface area contributed by atoms with E-state index in [1.807, 2.05) is 37.3 Å². The number of hydrogen-bond donors (Lipinski definition) is 2. The molecule has 0 aliphatic carbocycles. The number of amides is 2. The van der Waals surface area contributed by atoms with E-state index < -0.39 is 5.54 Å². The van der Waals surface area contributed by atoms with E-state index in [-0.39, 0.29) is 24.2 Å².